The molecule has 2 fully saturated rings. The van der Waals surface area contributed by atoms with Crippen molar-refractivity contribution >= 4 is 65.6 Å². The number of amides is 1. The number of hydrogen-bond acceptors (Lipinski definition) is 7. The Labute approximate surface area is 200 Å². The number of carbonyl (C=O) groups excluding carboxylic acids is 1. The van der Waals surface area contributed by atoms with E-state index in [1.54, 1.807) is 22.3 Å². The summed E-state index contributed by atoms with van der Waals surface area (Å²) >= 11 is 8.64. The molecule has 7 nitrogen and oxygen atoms in total. The van der Waals surface area contributed by atoms with Gasteiger partial charge in [0.2, 0.25) is 5.91 Å². The van der Waals surface area contributed by atoms with Crippen molar-refractivity contribution in [3.05, 3.63) is 40.2 Å². The van der Waals surface area contributed by atoms with Gasteiger partial charge in [0.25, 0.3) is 10.0 Å². The van der Waals surface area contributed by atoms with Gasteiger partial charge in [-0.05, 0) is 49.6 Å². The van der Waals surface area contributed by atoms with Gasteiger partial charge >= 0.3 is 0 Å². The molecule has 170 valence electrons. The molecule has 0 N–H and O–H groups in total. The summed E-state index contributed by atoms with van der Waals surface area (Å²) < 4.78 is 29.3. The number of carbonyl (C=O) groups is 1. The number of aromatic nitrogens is 1. The molecule has 2 aromatic heterocycles. The van der Waals surface area contributed by atoms with Crippen molar-refractivity contribution in [2.45, 2.75) is 30.0 Å². The van der Waals surface area contributed by atoms with E-state index in [0.717, 1.165) is 22.0 Å². The van der Waals surface area contributed by atoms with Gasteiger partial charge in [-0.3, -0.25) is 4.79 Å². The first-order valence-electron chi connectivity index (χ1n) is 10.5. The number of thiophene rings is 1. The molecule has 0 spiro atoms. The van der Waals surface area contributed by atoms with Crippen LogP contribution in [-0.4, -0.2) is 67.3 Å². The maximum absolute atomic E-state index is 13.3. The molecule has 2 saturated heterocycles. The predicted octanol–water partition coefficient (Wildman–Crippen LogP) is 3.82. The lowest BCUT2D eigenvalue weighted by molar-refractivity contribution is -0.134. The quantitative estimate of drug-likeness (QED) is 0.533. The number of halogens is 1. The molecular formula is C21H23ClN4O3S3. The second-order valence-electron chi connectivity index (χ2n) is 8.11. The average molecular weight is 511 g/mol. The van der Waals surface area contributed by atoms with Crippen LogP contribution in [0.2, 0.25) is 4.34 Å². The fraction of sp³-hybridized carbons (Fsp3) is 0.429. The van der Waals surface area contributed by atoms with E-state index in [4.69, 9.17) is 16.6 Å². The maximum atomic E-state index is 13.3. The highest BCUT2D eigenvalue weighted by Crippen LogP contribution is 2.33. The normalized spacial score (nSPS) is 20.4. The van der Waals surface area contributed by atoms with Crippen LogP contribution in [0.4, 0.5) is 5.13 Å². The van der Waals surface area contributed by atoms with Crippen LogP contribution in [-0.2, 0) is 14.8 Å². The van der Waals surface area contributed by atoms with Crippen LogP contribution < -0.4 is 4.90 Å². The number of sulfonamides is 1. The molecule has 0 bridgehead atoms. The Balaban J connectivity index is 1.27. The van der Waals surface area contributed by atoms with E-state index in [-0.39, 0.29) is 10.1 Å². The van der Waals surface area contributed by atoms with E-state index in [0.29, 0.717) is 49.9 Å². The topological polar surface area (TPSA) is 73.8 Å². The summed E-state index contributed by atoms with van der Waals surface area (Å²) in [6, 6.07) is 8.70. The fourth-order valence-corrected chi connectivity index (χ4v) is 8.69. The highest BCUT2D eigenvalue weighted by Gasteiger charge is 2.42. The standard InChI is InChI=1S/C21H23ClN4O3S3/c1-14-4-5-15-17(13-14)30-21(23-15)25-11-9-24(10-12-25)20(27)16-3-2-8-26(16)32(28,29)19-7-6-18(22)31-19/h4-7,13,16H,2-3,8-12H2,1H3. The minimum absolute atomic E-state index is 0.103. The predicted molar refractivity (Wildman–Crippen MR) is 129 cm³/mol. The van der Waals surface area contributed by atoms with Crippen LogP contribution in [0.5, 0.6) is 0 Å². The highest BCUT2D eigenvalue weighted by molar-refractivity contribution is 7.91. The van der Waals surface area contributed by atoms with Gasteiger partial charge in [0.15, 0.2) is 5.13 Å². The third-order valence-electron chi connectivity index (χ3n) is 5.99. The molecule has 5 rings (SSSR count). The summed E-state index contributed by atoms with van der Waals surface area (Å²) in [6.07, 6.45) is 1.23. The Morgan fingerprint density at radius 3 is 2.59 bits per heavy atom. The lowest BCUT2D eigenvalue weighted by Crippen LogP contribution is -2.54. The van der Waals surface area contributed by atoms with Crippen LogP contribution in [0.3, 0.4) is 0 Å². The maximum Gasteiger partial charge on any atom is 0.253 e. The van der Waals surface area contributed by atoms with Gasteiger partial charge in [0.05, 0.1) is 14.6 Å². The molecular weight excluding hydrogens is 488 g/mol. The van der Waals surface area contributed by atoms with E-state index < -0.39 is 16.1 Å². The molecule has 3 aromatic rings. The molecule has 11 heteroatoms. The lowest BCUT2D eigenvalue weighted by atomic mass is 10.2. The number of piperazine rings is 1. The van der Waals surface area contributed by atoms with Gasteiger partial charge in [-0.1, -0.05) is 29.0 Å². The minimum atomic E-state index is -3.72. The van der Waals surface area contributed by atoms with Gasteiger partial charge in [0, 0.05) is 32.7 Å². The van der Waals surface area contributed by atoms with Crippen molar-refractivity contribution in [3.63, 3.8) is 0 Å². The van der Waals surface area contributed by atoms with E-state index in [9.17, 15) is 13.2 Å². The summed E-state index contributed by atoms with van der Waals surface area (Å²) in [5.74, 6) is -0.103. The van der Waals surface area contributed by atoms with Crippen molar-refractivity contribution in [1.82, 2.24) is 14.2 Å². The number of hydrogen-bond donors (Lipinski definition) is 0. The number of anilines is 1. The van der Waals surface area contributed by atoms with E-state index >= 15 is 0 Å². The molecule has 0 radical (unpaired) electrons. The average Bonchev–Trinajstić information content (AvgIpc) is 3.52. The van der Waals surface area contributed by atoms with Crippen LogP contribution in [0.15, 0.2) is 34.5 Å². The first-order valence-corrected chi connectivity index (χ1v) is 14.0. The summed E-state index contributed by atoms with van der Waals surface area (Å²) in [4.78, 5) is 22.0. The number of benzene rings is 1. The molecule has 4 heterocycles. The minimum Gasteiger partial charge on any atom is -0.345 e. The smallest absolute Gasteiger partial charge is 0.253 e. The zero-order chi connectivity index (χ0) is 22.5. The SMILES string of the molecule is Cc1ccc2nc(N3CCN(C(=O)C4CCCN4S(=O)(=O)c4ccc(Cl)s4)CC3)sc2c1. The molecule has 1 atom stereocenters. The van der Waals surface area contributed by atoms with Gasteiger partial charge in [-0.15, -0.1) is 11.3 Å². The van der Waals surface area contributed by atoms with Crippen LogP contribution in [0.1, 0.15) is 18.4 Å². The monoisotopic (exact) mass is 510 g/mol. The van der Waals surface area contributed by atoms with Crippen molar-refractivity contribution < 1.29 is 13.2 Å². The third kappa shape index (κ3) is 4.03. The molecule has 2 aliphatic heterocycles. The number of fused-ring (bicyclic) bond motifs is 1. The summed E-state index contributed by atoms with van der Waals surface area (Å²) in [5.41, 5.74) is 2.21. The first-order chi connectivity index (χ1) is 15.3. The summed E-state index contributed by atoms with van der Waals surface area (Å²) in [7, 11) is -3.72. The van der Waals surface area contributed by atoms with Crippen molar-refractivity contribution in [3.8, 4) is 0 Å². The molecule has 0 aliphatic carbocycles. The number of nitrogens with zero attached hydrogens (tertiary/aromatic N) is 4. The largest absolute Gasteiger partial charge is 0.345 e. The van der Waals surface area contributed by atoms with Crippen LogP contribution >= 0.6 is 34.3 Å². The van der Waals surface area contributed by atoms with Crippen molar-refractivity contribution in [2.24, 2.45) is 0 Å². The third-order valence-corrected chi connectivity index (χ3v) is 10.7. The van der Waals surface area contributed by atoms with E-state index in [1.807, 2.05) is 6.07 Å². The Hall–Kier alpha value is -1.72. The van der Waals surface area contributed by atoms with Crippen LogP contribution in [0, 0.1) is 6.92 Å². The second kappa shape index (κ2) is 8.57. The van der Waals surface area contributed by atoms with Gasteiger partial charge in [-0.2, -0.15) is 4.31 Å². The fourth-order valence-electron chi connectivity index (χ4n) is 4.31. The molecule has 1 unspecified atom stereocenters. The number of aryl methyl sites for hydroxylation is 1. The Morgan fingerprint density at radius 1 is 1.09 bits per heavy atom. The zero-order valence-electron chi connectivity index (χ0n) is 17.5. The second-order valence-corrected chi connectivity index (χ2v) is 13.0. The number of thiazole rings is 1. The molecule has 32 heavy (non-hydrogen) atoms. The molecule has 0 saturated carbocycles. The van der Waals surface area contributed by atoms with Gasteiger partial charge in [0.1, 0.15) is 10.3 Å². The summed E-state index contributed by atoms with van der Waals surface area (Å²) in [5, 5.41) is 0.970. The zero-order valence-corrected chi connectivity index (χ0v) is 20.7. The molecule has 2 aliphatic rings. The van der Waals surface area contributed by atoms with Crippen molar-refractivity contribution in [1.29, 1.82) is 0 Å². The molecule has 1 aromatic carbocycles. The first kappa shape index (κ1) is 22.1. The van der Waals surface area contributed by atoms with E-state index in [1.165, 1.54) is 20.6 Å². The summed E-state index contributed by atoms with van der Waals surface area (Å²) in [6.45, 7) is 4.92. The van der Waals surface area contributed by atoms with E-state index in [2.05, 4.69) is 24.0 Å². The van der Waals surface area contributed by atoms with Gasteiger partial charge in [-0.25, -0.2) is 13.4 Å². The lowest BCUT2D eigenvalue weighted by Gasteiger charge is -2.37. The van der Waals surface area contributed by atoms with Gasteiger partial charge < -0.3 is 9.80 Å². The number of rotatable bonds is 4. The molecule has 1 amide bonds. The Morgan fingerprint density at radius 2 is 1.88 bits per heavy atom. The highest BCUT2D eigenvalue weighted by atomic mass is 35.5. The Kier molecular flexibility index (Phi) is 5.91. The van der Waals surface area contributed by atoms with Crippen molar-refractivity contribution in [2.75, 3.05) is 37.6 Å². The van der Waals surface area contributed by atoms with Crippen LogP contribution in [0.25, 0.3) is 10.2 Å². The Bertz CT molecular complexity index is 1260.